The largest absolute Gasteiger partial charge is 0.223 e. The maximum Gasteiger partial charge on any atom is 0.187 e. The van der Waals surface area contributed by atoms with Gasteiger partial charge in [-0.2, -0.15) is 0 Å². The highest BCUT2D eigenvalue weighted by Gasteiger charge is 2.14. The Morgan fingerprint density at radius 3 is 2.58 bits per heavy atom. The number of sulfone groups is 1. The summed E-state index contributed by atoms with van der Waals surface area (Å²) in [6.07, 6.45) is 0.665. The molecular formula is C7H9BrO2S2. The summed E-state index contributed by atoms with van der Waals surface area (Å²) in [7, 11) is -3.00. The van der Waals surface area contributed by atoms with Crippen molar-refractivity contribution in [3.05, 3.63) is 15.9 Å². The topological polar surface area (TPSA) is 34.1 Å². The molecule has 0 N–H and O–H groups in total. The average molecular weight is 269 g/mol. The second kappa shape index (κ2) is 3.89. The van der Waals surface area contributed by atoms with E-state index < -0.39 is 9.84 Å². The SMILES string of the molecule is CCCS(=O)(=O)c1ccc(Br)s1. The summed E-state index contributed by atoms with van der Waals surface area (Å²) in [5, 5.41) is 0. The lowest BCUT2D eigenvalue weighted by Gasteiger charge is -1.96. The molecule has 1 aromatic heterocycles. The smallest absolute Gasteiger partial charge is 0.187 e. The maximum atomic E-state index is 11.4. The van der Waals surface area contributed by atoms with Crippen molar-refractivity contribution < 1.29 is 8.42 Å². The van der Waals surface area contributed by atoms with Crippen LogP contribution in [0.25, 0.3) is 0 Å². The van der Waals surface area contributed by atoms with Crippen LogP contribution in [0, 0.1) is 0 Å². The molecule has 68 valence electrons. The minimum absolute atomic E-state index is 0.236. The molecule has 0 atom stereocenters. The van der Waals surface area contributed by atoms with E-state index in [0.29, 0.717) is 10.6 Å². The third-order valence-electron chi connectivity index (χ3n) is 1.33. The summed E-state index contributed by atoms with van der Waals surface area (Å²) in [6.45, 7) is 1.86. The molecule has 0 unspecified atom stereocenters. The van der Waals surface area contributed by atoms with Crippen molar-refractivity contribution in [3.63, 3.8) is 0 Å². The van der Waals surface area contributed by atoms with Crippen molar-refractivity contribution in [3.8, 4) is 0 Å². The minimum Gasteiger partial charge on any atom is -0.223 e. The Morgan fingerprint density at radius 1 is 1.50 bits per heavy atom. The van der Waals surface area contributed by atoms with Gasteiger partial charge in [0.05, 0.1) is 9.54 Å². The molecule has 2 nitrogen and oxygen atoms in total. The third-order valence-corrected chi connectivity index (χ3v) is 5.45. The lowest BCUT2D eigenvalue weighted by molar-refractivity contribution is 0.596. The first kappa shape index (κ1) is 10.2. The number of rotatable bonds is 3. The van der Waals surface area contributed by atoms with E-state index in [1.807, 2.05) is 6.92 Å². The van der Waals surface area contributed by atoms with Crippen LogP contribution in [-0.2, 0) is 9.84 Å². The van der Waals surface area contributed by atoms with E-state index in [-0.39, 0.29) is 5.75 Å². The molecule has 1 heterocycles. The molecular weight excluding hydrogens is 260 g/mol. The van der Waals surface area contributed by atoms with Crippen LogP contribution in [-0.4, -0.2) is 14.2 Å². The monoisotopic (exact) mass is 268 g/mol. The lowest BCUT2D eigenvalue weighted by atomic mass is 10.6. The second-order valence-corrected chi connectivity index (χ2v) is 7.18. The molecule has 0 bridgehead atoms. The quantitative estimate of drug-likeness (QED) is 0.845. The molecule has 0 aromatic carbocycles. The molecule has 0 saturated heterocycles. The summed E-state index contributed by atoms with van der Waals surface area (Å²) in [4.78, 5) is 0. The Kier molecular flexibility index (Phi) is 3.31. The summed E-state index contributed by atoms with van der Waals surface area (Å²) in [6, 6.07) is 3.40. The normalized spacial score (nSPS) is 11.8. The van der Waals surface area contributed by atoms with Gasteiger partial charge in [-0.15, -0.1) is 11.3 Å². The van der Waals surface area contributed by atoms with Crippen LogP contribution in [0.3, 0.4) is 0 Å². The zero-order valence-corrected chi connectivity index (χ0v) is 9.80. The van der Waals surface area contributed by atoms with Gasteiger partial charge in [0.2, 0.25) is 0 Å². The van der Waals surface area contributed by atoms with Crippen molar-refractivity contribution in [2.24, 2.45) is 0 Å². The Labute approximate surface area is 84.7 Å². The van der Waals surface area contributed by atoms with E-state index in [2.05, 4.69) is 15.9 Å². The van der Waals surface area contributed by atoms with Crippen LogP contribution in [0.1, 0.15) is 13.3 Å². The van der Waals surface area contributed by atoms with Crippen LogP contribution in [0.4, 0.5) is 0 Å². The minimum atomic E-state index is -3.00. The molecule has 0 aliphatic heterocycles. The van der Waals surface area contributed by atoms with Gasteiger partial charge in [0.1, 0.15) is 4.21 Å². The summed E-state index contributed by atoms with van der Waals surface area (Å²) in [5.41, 5.74) is 0. The van der Waals surface area contributed by atoms with Crippen LogP contribution >= 0.6 is 27.3 Å². The number of halogens is 1. The predicted octanol–water partition coefficient (Wildman–Crippen LogP) is 2.69. The van der Waals surface area contributed by atoms with Crippen LogP contribution in [0.2, 0.25) is 0 Å². The molecule has 0 amide bonds. The van der Waals surface area contributed by atoms with Crippen molar-refractivity contribution in [1.82, 2.24) is 0 Å². The number of hydrogen-bond donors (Lipinski definition) is 0. The van der Waals surface area contributed by atoms with E-state index in [1.54, 1.807) is 12.1 Å². The molecule has 0 spiro atoms. The highest BCUT2D eigenvalue weighted by Crippen LogP contribution is 2.26. The lowest BCUT2D eigenvalue weighted by Crippen LogP contribution is -2.03. The van der Waals surface area contributed by atoms with Gasteiger partial charge in [-0.3, -0.25) is 0 Å². The summed E-state index contributed by atoms with van der Waals surface area (Å²) < 4.78 is 24.2. The van der Waals surface area contributed by atoms with Gasteiger partial charge < -0.3 is 0 Å². The van der Waals surface area contributed by atoms with E-state index in [4.69, 9.17) is 0 Å². The first-order chi connectivity index (χ1) is 5.56. The number of thiophene rings is 1. The Bertz CT molecular complexity index is 353. The Hall–Kier alpha value is 0.130. The third kappa shape index (κ3) is 2.31. The number of hydrogen-bond acceptors (Lipinski definition) is 3. The molecule has 1 rings (SSSR count). The Morgan fingerprint density at radius 2 is 2.17 bits per heavy atom. The second-order valence-electron chi connectivity index (χ2n) is 2.38. The van der Waals surface area contributed by atoms with Gasteiger partial charge in [-0.1, -0.05) is 6.92 Å². The van der Waals surface area contributed by atoms with E-state index in [9.17, 15) is 8.42 Å². The molecule has 0 aliphatic rings. The fourth-order valence-corrected chi connectivity index (χ4v) is 4.32. The van der Waals surface area contributed by atoms with Gasteiger partial charge >= 0.3 is 0 Å². The van der Waals surface area contributed by atoms with E-state index in [1.165, 1.54) is 11.3 Å². The van der Waals surface area contributed by atoms with Gasteiger partial charge in [-0.25, -0.2) is 8.42 Å². The first-order valence-electron chi connectivity index (χ1n) is 3.54. The Balaban J connectivity index is 2.98. The molecule has 12 heavy (non-hydrogen) atoms. The molecule has 0 radical (unpaired) electrons. The zero-order valence-electron chi connectivity index (χ0n) is 6.58. The summed E-state index contributed by atoms with van der Waals surface area (Å²) >= 11 is 4.49. The summed E-state index contributed by atoms with van der Waals surface area (Å²) in [5.74, 6) is 0.236. The maximum absolute atomic E-state index is 11.4. The average Bonchev–Trinajstić information content (AvgIpc) is 2.36. The van der Waals surface area contributed by atoms with Crippen molar-refractivity contribution in [2.75, 3.05) is 5.75 Å². The fraction of sp³-hybridized carbons (Fsp3) is 0.429. The van der Waals surface area contributed by atoms with Crippen molar-refractivity contribution in [1.29, 1.82) is 0 Å². The van der Waals surface area contributed by atoms with Crippen LogP contribution < -0.4 is 0 Å². The first-order valence-corrected chi connectivity index (χ1v) is 6.80. The van der Waals surface area contributed by atoms with Gasteiger partial charge in [0.25, 0.3) is 0 Å². The van der Waals surface area contributed by atoms with Crippen molar-refractivity contribution in [2.45, 2.75) is 17.6 Å². The van der Waals surface area contributed by atoms with Crippen LogP contribution in [0.5, 0.6) is 0 Å². The van der Waals surface area contributed by atoms with Gasteiger partial charge in [0, 0.05) is 0 Å². The van der Waals surface area contributed by atoms with Crippen molar-refractivity contribution >= 4 is 37.1 Å². The molecule has 0 fully saturated rings. The molecule has 1 aromatic rings. The fourth-order valence-electron chi connectivity index (χ4n) is 0.834. The highest BCUT2D eigenvalue weighted by atomic mass is 79.9. The molecule has 0 aliphatic carbocycles. The van der Waals surface area contributed by atoms with E-state index >= 15 is 0 Å². The molecule has 5 heteroatoms. The zero-order chi connectivity index (χ0) is 9.19. The van der Waals surface area contributed by atoms with E-state index in [0.717, 1.165) is 3.79 Å². The highest BCUT2D eigenvalue weighted by molar-refractivity contribution is 9.11. The molecule has 0 saturated carbocycles. The van der Waals surface area contributed by atoms with Crippen LogP contribution in [0.15, 0.2) is 20.1 Å². The van der Waals surface area contributed by atoms with Gasteiger partial charge in [0.15, 0.2) is 9.84 Å². The predicted molar refractivity (Wildman–Crippen MR) is 54.4 cm³/mol. The van der Waals surface area contributed by atoms with Gasteiger partial charge in [-0.05, 0) is 34.5 Å². The standard InChI is InChI=1S/C7H9BrO2S2/c1-2-5-12(9,10)7-4-3-6(8)11-7/h3-4H,2,5H2,1H3.